The molecule has 0 radical (unpaired) electrons. The number of amides is 1. The minimum Gasteiger partial charge on any atom is -0.380 e. The first kappa shape index (κ1) is 15.8. The highest BCUT2D eigenvalue weighted by Gasteiger charge is 2.14. The van der Waals surface area contributed by atoms with Crippen molar-refractivity contribution in [2.75, 3.05) is 30.3 Å². The summed E-state index contributed by atoms with van der Waals surface area (Å²) < 4.78 is 0. The van der Waals surface area contributed by atoms with Gasteiger partial charge in [-0.3, -0.25) is 9.69 Å². The number of anilines is 2. The molecule has 1 aromatic rings. The van der Waals surface area contributed by atoms with Crippen LogP contribution in [0.5, 0.6) is 0 Å². The SMILES string of the molecule is CC(C)(C)Nc1ccc(NC(=O)CN2CCCCC2)cc1. The van der Waals surface area contributed by atoms with Crippen molar-refractivity contribution in [1.82, 2.24) is 4.90 Å². The van der Waals surface area contributed by atoms with Gasteiger partial charge in [-0.2, -0.15) is 0 Å². The van der Waals surface area contributed by atoms with Gasteiger partial charge in [0.2, 0.25) is 5.91 Å². The molecule has 1 fully saturated rings. The Morgan fingerprint density at radius 2 is 1.62 bits per heavy atom. The van der Waals surface area contributed by atoms with E-state index < -0.39 is 0 Å². The molecule has 2 N–H and O–H groups in total. The van der Waals surface area contributed by atoms with E-state index in [0.717, 1.165) is 24.5 Å². The number of carbonyl (C=O) groups excluding carboxylic acids is 1. The number of benzene rings is 1. The molecule has 0 aliphatic carbocycles. The molecule has 2 rings (SSSR count). The standard InChI is InChI=1S/C17H27N3O/c1-17(2,3)19-15-9-7-14(8-10-15)18-16(21)13-20-11-5-4-6-12-20/h7-10,19H,4-6,11-13H2,1-3H3,(H,18,21). The molecule has 0 spiro atoms. The number of likely N-dealkylation sites (tertiary alicyclic amines) is 1. The lowest BCUT2D eigenvalue weighted by molar-refractivity contribution is -0.117. The molecule has 0 atom stereocenters. The van der Waals surface area contributed by atoms with Crippen molar-refractivity contribution < 1.29 is 4.79 Å². The zero-order chi connectivity index (χ0) is 15.3. The molecule has 0 bridgehead atoms. The summed E-state index contributed by atoms with van der Waals surface area (Å²) in [5.41, 5.74) is 1.96. The van der Waals surface area contributed by atoms with Crippen molar-refractivity contribution in [3.63, 3.8) is 0 Å². The van der Waals surface area contributed by atoms with E-state index in [-0.39, 0.29) is 11.4 Å². The Bertz CT molecular complexity index is 456. The van der Waals surface area contributed by atoms with Gasteiger partial charge >= 0.3 is 0 Å². The fraction of sp³-hybridized carbons (Fsp3) is 0.588. The lowest BCUT2D eigenvalue weighted by atomic mass is 10.1. The fourth-order valence-electron chi connectivity index (χ4n) is 2.59. The van der Waals surface area contributed by atoms with Gasteiger partial charge < -0.3 is 10.6 Å². The number of nitrogens with zero attached hydrogens (tertiary/aromatic N) is 1. The van der Waals surface area contributed by atoms with Crippen LogP contribution in [0.4, 0.5) is 11.4 Å². The minimum atomic E-state index is 0.0407. The van der Waals surface area contributed by atoms with Crippen LogP contribution in [0.25, 0.3) is 0 Å². The predicted octanol–water partition coefficient (Wildman–Crippen LogP) is 3.32. The molecule has 21 heavy (non-hydrogen) atoms. The average molecular weight is 289 g/mol. The summed E-state index contributed by atoms with van der Waals surface area (Å²) in [5.74, 6) is 0.0773. The summed E-state index contributed by atoms with van der Waals surface area (Å²) in [7, 11) is 0. The summed E-state index contributed by atoms with van der Waals surface area (Å²) in [6.07, 6.45) is 3.71. The van der Waals surface area contributed by atoms with Gasteiger partial charge in [-0.1, -0.05) is 6.42 Å². The van der Waals surface area contributed by atoms with Gasteiger partial charge in [0.25, 0.3) is 0 Å². The summed E-state index contributed by atoms with van der Waals surface area (Å²) in [6.45, 7) is 8.97. The molecule has 4 nitrogen and oxygen atoms in total. The third kappa shape index (κ3) is 5.76. The lowest BCUT2D eigenvalue weighted by Crippen LogP contribution is -2.36. The number of rotatable bonds is 4. The Morgan fingerprint density at radius 3 is 2.19 bits per heavy atom. The van der Waals surface area contributed by atoms with Gasteiger partial charge in [-0.05, 0) is 71.0 Å². The second-order valence-corrected chi connectivity index (χ2v) is 6.84. The van der Waals surface area contributed by atoms with Crippen LogP contribution in [0.15, 0.2) is 24.3 Å². The molecule has 0 saturated carbocycles. The zero-order valence-corrected chi connectivity index (χ0v) is 13.4. The third-order valence-electron chi connectivity index (χ3n) is 3.50. The van der Waals surface area contributed by atoms with E-state index >= 15 is 0 Å². The number of piperidine rings is 1. The van der Waals surface area contributed by atoms with Gasteiger partial charge in [-0.15, -0.1) is 0 Å². The number of nitrogens with one attached hydrogen (secondary N) is 2. The Morgan fingerprint density at radius 1 is 1.05 bits per heavy atom. The minimum absolute atomic E-state index is 0.0407. The maximum absolute atomic E-state index is 12.0. The summed E-state index contributed by atoms with van der Waals surface area (Å²) in [6, 6.07) is 7.90. The van der Waals surface area contributed by atoms with E-state index in [4.69, 9.17) is 0 Å². The molecular formula is C17H27N3O. The Kier molecular flexibility index (Phi) is 5.23. The fourth-order valence-corrected chi connectivity index (χ4v) is 2.59. The summed E-state index contributed by atoms with van der Waals surface area (Å²) >= 11 is 0. The lowest BCUT2D eigenvalue weighted by Gasteiger charge is -2.25. The van der Waals surface area contributed by atoms with Crippen LogP contribution in [-0.4, -0.2) is 36.0 Å². The highest BCUT2D eigenvalue weighted by atomic mass is 16.2. The Labute approximate surface area is 127 Å². The van der Waals surface area contributed by atoms with Crippen LogP contribution >= 0.6 is 0 Å². The van der Waals surface area contributed by atoms with Gasteiger partial charge in [0, 0.05) is 16.9 Å². The van der Waals surface area contributed by atoms with Crippen molar-refractivity contribution in [3.05, 3.63) is 24.3 Å². The zero-order valence-electron chi connectivity index (χ0n) is 13.4. The normalized spacial score (nSPS) is 16.5. The van der Waals surface area contributed by atoms with Crippen LogP contribution in [0, 0.1) is 0 Å². The molecule has 4 heteroatoms. The maximum Gasteiger partial charge on any atom is 0.238 e. The third-order valence-corrected chi connectivity index (χ3v) is 3.50. The average Bonchev–Trinajstić information content (AvgIpc) is 2.40. The largest absolute Gasteiger partial charge is 0.380 e. The molecule has 1 aliphatic heterocycles. The second kappa shape index (κ2) is 6.94. The highest BCUT2D eigenvalue weighted by molar-refractivity contribution is 5.92. The molecule has 1 aromatic carbocycles. The predicted molar refractivity (Wildman–Crippen MR) is 88.7 cm³/mol. The van der Waals surface area contributed by atoms with Crippen LogP contribution in [0.3, 0.4) is 0 Å². The van der Waals surface area contributed by atoms with E-state index in [1.807, 2.05) is 24.3 Å². The monoisotopic (exact) mass is 289 g/mol. The van der Waals surface area contributed by atoms with Crippen LogP contribution in [0.2, 0.25) is 0 Å². The van der Waals surface area contributed by atoms with Gasteiger partial charge in [0.1, 0.15) is 0 Å². The maximum atomic E-state index is 12.0. The first-order valence-corrected chi connectivity index (χ1v) is 7.83. The smallest absolute Gasteiger partial charge is 0.238 e. The molecular weight excluding hydrogens is 262 g/mol. The number of hydrogen-bond acceptors (Lipinski definition) is 3. The quantitative estimate of drug-likeness (QED) is 0.893. The van der Waals surface area contributed by atoms with E-state index in [9.17, 15) is 4.79 Å². The Hall–Kier alpha value is -1.55. The van der Waals surface area contributed by atoms with Crippen molar-refractivity contribution in [1.29, 1.82) is 0 Å². The second-order valence-electron chi connectivity index (χ2n) is 6.84. The van der Waals surface area contributed by atoms with E-state index in [0.29, 0.717) is 6.54 Å². The number of hydrogen-bond donors (Lipinski definition) is 2. The first-order valence-electron chi connectivity index (χ1n) is 7.83. The molecule has 1 saturated heterocycles. The van der Waals surface area contributed by atoms with E-state index in [2.05, 4.69) is 36.3 Å². The first-order chi connectivity index (χ1) is 9.92. The van der Waals surface area contributed by atoms with Crippen LogP contribution < -0.4 is 10.6 Å². The molecule has 0 unspecified atom stereocenters. The van der Waals surface area contributed by atoms with Gasteiger partial charge in [0.05, 0.1) is 6.54 Å². The molecule has 0 aromatic heterocycles. The van der Waals surface area contributed by atoms with E-state index in [1.54, 1.807) is 0 Å². The molecule has 1 aliphatic rings. The van der Waals surface area contributed by atoms with Gasteiger partial charge in [-0.25, -0.2) is 0 Å². The number of carbonyl (C=O) groups is 1. The summed E-state index contributed by atoms with van der Waals surface area (Å²) in [5, 5.41) is 6.38. The molecule has 1 amide bonds. The van der Waals surface area contributed by atoms with Gasteiger partial charge in [0.15, 0.2) is 0 Å². The highest BCUT2D eigenvalue weighted by Crippen LogP contribution is 2.17. The summed E-state index contributed by atoms with van der Waals surface area (Å²) in [4.78, 5) is 14.3. The molecule has 1 heterocycles. The van der Waals surface area contributed by atoms with E-state index in [1.165, 1.54) is 19.3 Å². The van der Waals surface area contributed by atoms with Crippen molar-refractivity contribution in [3.8, 4) is 0 Å². The Balaban J connectivity index is 1.83. The van der Waals surface area contributed by atoms with Crippen molar-refractivity contribution in [2.24, 2.45) is 0 Å². The van der Waals surface area contributed by atoms with Crippen LogP contribution in [-0.2, 0) is 4.79 Å². The van der Waals surface area contributed by atoms with Crippen molar-refractivity contribution >= 4 is 17.3 Å². The van der Waals surface area contributed by atoms with Crippen molar-refractivity contribution in [2.45, 2.75) is 45.6 Å². The molecule has 116 valence electrons. The topological polar surface area (TPSA) is 44.4 Å². The van der Waals surface area contributed by atoms with Crippen LogP contribution in [0.1, 0.15) is 40.0 Å².